The molecule has 0 bridgehead atoms. The summed E-state index contributed by atoms with van der Waals surface area (Å²) < 4.78 is 7.23. The molecule has 30 heavy (non-hydrogen) atoms. The number of nitrogens with one attached hydrogen (secondary N) is 2. The Morgan fingerprint density at radius 1 is 1.13 bits per heavy atom. The second-order valence-corrected chi connectivity index (χ2v) is 6.55. The molecule has 0 aliphatic heterocycles. The quantitative estimate of drug-likeness (QED) is 0.220. The fourth-order valence-electron chi connectivity index (χ4n) is 2.69. The van der Waals surface area contributed by atoms with E-state index in [9.17, 15) is 0 Å². The Balaban J connectivity index is 0.00000256. The Bertz CT molecular complexity index is 1120. The van der Waals surface area contributed by atoms with Gasteiger partial charge in [0.2, 0.25) is 11.7 Å². The number of rotatable bonds is 6. The number of hydrogen-bond acceptors (Lipinski definition) is 6. The summed E-state index contributed by atoms with van der Waals surface area (Å²) in [5, 5.41) is 19.4. The van der Waals surface area contributed by atoms with Gasteiger partial charge in [0.1, 0.15) is 6.54 Å². The Labute approximate surface area is 195 Å². The summed E-state index contributed by atoms with van der Waals surface area (Å²) in [7, 11) is 0. The molecule has 0 aliphatic rings. The van der Waals surface area contributed by atoms with Gasteiger partial charge in [0.25, 0.3) is 0 Å². The van der Waals surface area contributed by atoms with Gasteiger partial charge in [0.15, 0.2) is 17.4 Å². The monoisotopic (exact) mass is 538 g/mol. The molecule has 11 heteroatoms. The number of fused-ring (bicyclic) bond motifs is 1. The first-order valence-corrected chi connectivity index (χ1v) is 9.50. The van der Waals surface area contributed by atoms with Crippen LogP contribution in [0, 0.1) is 0 Å². The highest BCUT2D eigenvalue weighted by atomic mass is 127. The van der Waals surface area contributed by atoms with Gasteiger partial charge in [-0.1, -0.05) is 22.8 Å². The lowest BCUT2D eigenvalue weighted by Gasteiger charge is -2.09. The predicted octanol–water partition coefficient (Wildman–Crippen LogP) is 3.31. The van der Waals surface area contributed by atoms with Crippen molar-refractivity contribution in [3.8, 4) is 11.4 Å². The van der Waals surface area contributed by atoms with E-state index in [4.69, 9.17) is 16.1 Å². The van der Waals surface area contributed by atoms with Crippen LogP contribution >= 0.6 is 35.6 Å². The van der Waals surface area contributed by atoms with Gasteiger partial charge >= 0.3 is 0 Å². The van der Waals surface area contributed by atoms with Crippen molar-refractivity contribution in [1.82, 2.24) is 35.4 Å². The molecule has 0 spiro atoms. The van der Waals surface area contributed by atoms with Crippen molar-refractivity contribution in [1.29, 1.82) is 0 Å². The largest absolute Gasteiger partial charge is 0.357 e. The van der Waals surface area contributed by atoms with Gasteiger partial charge in [0, 0.05) is 23.3 Å². The Hall–Kier alpha value is -2.73. The summed E-state index contributed by atoms with van der Waals surface area (Å²) in [6.45, 7) is 3.43. The summed E-state index contributed by atoms with van der Waals surface area (Å²) in [5.74, 6) is 2.33. The van der Waals surface area contributed by atoms with Crippen LogP contribution in [0.25, 0.3) is 17.0 Å². The van der Waals surface area contributed by atoms with E-state index < -0.39 is 0 Å². The van der Waals surface area contributed by atoms with Crippen molar-refractivity contribution >= 4 is 47.2 Å². The third-order valence-electron chi connectivity index (χ3n) is 4.08. The van der Waals surface area contributed by atoms with E-state index in [0.717, 1.165) is 17.0 Å². The first-order valence-electron chi connectivity index (χ1n) is 9.12. The van der Waals surface area contributed by atoms with Gasteiger partial charge in [-0.15, -0.1) is 34.2 Å². The van der Waals surface area contributed by atoms with E-state index in [1.54, 1.807) is 12.1 Å². The molecule has 156 valence electrons. The summed E-state index contributed by atoms with van der Waals surface area (Å²) in [6.07, 6.45) is 1.91. The Kier molecular flexibility index (Phi) is 7.57. The molecule has 0 saturated heterocycles. The van der Waals surface area contributed by atoms with Crippen LogP contribution in [0.5, 0.6) is 0 Å². The van der Waals surface area contributed by atoms with E-state index in [1.165, 1.54) is 0 Å². The average molecular weight is 539 g/mol. The molecule has 2 N–H and O–H groups in total. The highest BCUT2D eigenvalue weighted by Gasteiger charge is 2.10. The third kappa shape index (κ3) is 5.25. The smallest absolute Gasteiger partial charge is 0.246 e. The zero-order valence-corrected chi connectivity index (χ0v) is 19.2. The van der Waals surface area contributed by atoms with Crippen LogP contribution in [0.4, 0.5) is 0 Å². The number of halogens is 2. The van der Waals surface area contributed by atoms with Crippen molar-refractivity contribution in [2.24, 2.45) is 4.99 Å². The highest BCUT2D eigenvalue weighted by Crippen LogP contribution is 2.18. The molecule has 3 heterocycles. The number of aromatic nitrogens is 5. The van der Waals surface area contributed by atoms with Crippen molar-refractivity contribution in [3.05, 3.63) is 65.4 Å². The van der Waals surface area contributed by atoms with Crippen molar-refractivity contribution < 1.29 is 4.52 Å². The maximum Gasteiger partial charge on any atom is 0.246 e. The van der Waals surface area contributed by atoms with Gasteiger partial charge in [-0.05, 0) is 43.3 Å². The summed E-state index contributed by atoms with van der Waals surface area (Å²) in [4.78, 5) is 8.96. The van der Waals surface area contributed by atoms with Crippen LogP contribution in [0.1, 0.15) is 18.6 Å². The first kappa shape index (κ1) is 22.0. The van der Waals surface area contributed by atoms with E-state index in [0.29, 0.717) is 42.3 Å². The highest BCUT2D eigenvalue weighted by molar-refractivity contribution is 14.0. The predicted molar refractivity (Wildman–Crippen MR) is 125 cm³/mol. The number of benzene rings is 1. The molecule has 0 fully saturated rings. The van der Waals surface area contributed by atoms with Crippen LogP contribution in [0.2, 0.25) is 5.02 Å². The maximum absolute atomic E-state index is 5.91. The molecular formula is C19H20ClIN8O. The summed E-state index contributed by atoms with van der Waals surface area (Å²) >= 11 is 5.91. The minimum absolute atomic E-state index is 0. The fourth-order valence-corrected chi connectivity index (χ4v) is 2.82. The van der Waals surface area contributed by atoms with E-state index in [1.807, 2.05) is 47.9 Å². The molecular weight excluding hydrogens is 519 g/mol. The Morgan fingerprint density at radius 3 is 2.77 bits per heavy atom. The SMILES string of the molecule is CCNC(=NCc1nnc2ccccn12)NCc1nc(-c2ccc(Cl)cc2)no1.I. The molecule has 0 atom stereocenters. The van der Waals surface area contributed by atoms with E-state index in [2.05, 4.69) is 36.0 Å². The first-order chi connectivity index (χ1) is 14.2. The topological polar surface area (TPSA) is 106 Å². The van der Waals surface area contributed by atoms with Crippen LogP contribution in [0.3, 0.4) is 0 Å². The zero-order chi connectivity index (χ0) is 20.1. The number of aliphatic imine (C=N–C) groups is 1. The van der Waals surface area contributed by atoms with Crippen LogP contribution in [-0.2, 0) is 13.1 Å². The number of hydrogen-bond donors (Lipinski definition) is 2. The fraction of sp³-hybridized carbons (Fsp3) is 0.211. The normalized spacial score (nSPS) is 11.3. The minimum atomic E-state index is 0. The van der Waals surface area contributed by atoms with Gasteiger partial charge in [-0.25, -0.2) is 4.99 Å². The van der Waals surface area contributed by atoms with Crippen molar-refractivity contribution in [3.63, 3.8) is 0 Å². The number of nitrogens with zero attached hydrogens (tertiary/aromatic N) is 6. The number of pyridine rings is 1. The standard InChI is InChI=1S/C19H19ClN8O.HI/c1-2-21-19(22-11-16-26-25-15-5-3-4-10-28(15)16)23-12-17-24-18(27-29-17)13-6-8-14(20)9-7-13;/h3-10H,2,11-12H2,1H3,(H2,21,22,23);1H. The lowest BCUT2D eigenvalue weighted by molar-refractivity contribution is 0.375. The zero-order valence-electron chi connectivity index (χ0n) is 16.1. The minimum Gasteiger partial charge on any atom is -0.357 e. The lowest BCUT2D eigenvalue weighted by Crippen LogP contribution is -2.36. The van der Waals surface area contributed by atoms with E-state index in [-0.39, 0.29) is 24.0 Å². The van der Waals surface area contributed by atoms with Crippen LogP contribution < -0.4 is 10.6 Å². The van der Waals surface area contributed by atoms with E-state index >= 15 is 0 Å². The van der Waals surface area contributed by atoms with Gasteiger partial charge in [-0.3, -0.25) is 4.40 Å². The van der Waals surface area contributed by atoms with Crippen molar-refractivity contribution in [2.45, 2.75) is 20.0 Å². The molecule has 0 aliphatic carbocycles. The summed E-state index contributed by atoms with van der Waals surface area (Å²) in [6, 6.07) is 13.0. The van der Waals surface area contributed by atoms with Gasteiger partial charge in [-0.2, -0.15) is 4.98 Å². The number of guanidine groups is 1. The third-order valence-corrected chi connectivity index (χ3v) is 4.34. The molecule has 4 rings (SSSR count). The van der Waals surface area contributed by atoms with Crippen LogP contribution in [0.15, 0.2) is 58.2 Å². The van der Waals surface area contributed by atoms with Gasteiger partial charge < -0.3 is 15.2 Å². The molecule has 0 unspecified atom stereocenters. The average Bonchev–Trinajstić information content (AvgIpc) is 3.38. The van der Waals surface area contributed by atoms with Crippen LogP contribution in [-0.4, -0.2) is 37.2 Å². The Morgan fingerprint density at radius 2 is 1.97 bits per heavy atom. The molecule has 0 amide bonds. The molecule has 4 aromatic rings. The second-order valence-electron chi connectivity index (χ2n) is 6.11. The lowest BCUT2D eigenvalue weighted by atomic mass is 10.2. The van der Waals surface area contributed by atoms with Crippen molar-refractivity contribution in [2.75, 3.05) is 6.54 Å². The summed E-state index contributed by atoms with van der Waals surface area (Å²) in [5.41, 5.74) is 1.62. The molecule has 0 saturated carbocycles. The molecule has 3 aromatic heterocycles. The molecule has 9 nitrogen and oxygen atoms in total. The maximum atomic E-state index is 5.91. The molecule has 0 radical (unpaired) electrons. The van der Waals surface area contributed by atoms with Gasteiger partial charge in [0.05, 0.1) is 6.54 Å². The second kappa shape index (κ2) is 10.3. The molecule has 1 aromatic carbocycles.